The van der Waals surface area contributed by atoms with Crippen molar-refractivity contribution in [3.63, 3.8) is 0 Å². The number of thiophene rings is 1. The van der Waals surface area contributed by atoms with Crippen molar-refractivity contribution in [3.05, 3.63) is 46.7 Å². The molecular formula is C22H24N2O2S2. The van der Waals surface area contributed by atoms with Crippen LogP contribution in [0.1, 0.15) is 43.4 Å². The second-order valence-corrected chi connectivity index (χ2v) is 9.76. The third kappa shape index (κ3) is 3.22. The van der Waals surface area contributed by atoms with E-state index in [9.17, 15) is 4.79 Å². The highest BCUT2D eigenvalue weighted by molar-refractivity contribution is 7.20. The summed E-state index contributed by atoms with van der Waals surface area (Å²) in [5, 5.41) is 2.85. The Kier molecular flexibility index (Phi) is 4.85. The summed E-state index contributed by atoms with van der Waals surface area (Å²) in [5.41, 5.74) is 0.726. The summed E-state index contributed by atoms with van der Waals surface area (Å²) < 4.78 is 7.32. The first kappa shape index (κ1) is 18.1. The minimum Gasteiger partial charge on any atom is -0.467 e. The van der Waals surface area contributed by atoms with Crippen LogP contribution in [0.25, 0.3) is 10.2 Å². The maximum atomic E-state index is 13.5. The first-order valence-electron chi connectivity index (χ1n) is 10.1. The molecule has 1 saturated heterocycles. The van der Waals surface area contributed by atoms with Crippen LogP contribution in [0, 0.1) is 0 Å². The van der Waals surface area contributed by atoms with Gasteiger partial charge in [0.05, 0.1) is 15.6 Å². The van der Waals surface area contributed by atoms with Crippen LogP contribution in [-0.2, 0) is 10.2 Å². The zero-order chi connectivity index (χ0) is 19.0. The third-order valence-corrected chi connectivity index (χ3v) is 8.13. The zero-order valence-electron chi connectivity index (χ0n) is 15.8. The summed E-state index contributed by atoms with van der Waals surface area (Å²) in [6.45, 7) is 1.56. The number of likely N-dealkylation sites (tertiary alicyclic amines) is 1. The van der Waals surface area contributed by atoms with E-state index in [1.54, 1.807) is 22.7 Å². The standard InChI is InChI=1S/C22H24N2O2S2/c25-20(22(11-3-4-12-22)19-8-5-15-27-19)24-13-9-16(10-14-24)26-21-23-17-6-1-2-7-18(17)28-21/h1-2,5-8,15-16H,3-4,9-14H2. The number of para-hydroxylation sites is 1. The molecule has 0 bridgehead atoms. The minimum absolute atomic E-state index is 0.144. The Balaban J connectivity index is 1.24. The van der Waals surface area contributed by atoms with Gasteiger partial charge < -0.3 is 9.64 Å². The van der Waals surface area contributed by atoms with Gasteiger partial charge in [0.25, 0.3) is 5.19 Å². The second kappa shape index (κ2) is 7.48. The summed E-state index contributed by atoms with van der Waals surface area (Å²) in [5.74, 6) is 0.339. The van der Waals surface area contributed by atoms with Crippen molar-refractivity contribution in [1.82, 2.24) is 9.88 Å². The fourth-order valence-electron chi connectivity index (χ4n) is 4.62. The molecule has 0 atom stereocenters. The molecular weight excluding hydrogens is 388 g/mol. The number of fused-ring (bicyclic) bond motifs is 1. The molecule has 1 aromatic carbocycles. The van der Waals surface area contributed by atoms with Crippen molar-refractivity contribution in [1.29, 1.82) is 0 Å². The van der Waals surface area contributed by atoms with E-state index in [-0.39, 0.29) is 11.5 Å². The van der Waals surface area contributed by atoms with Crippen molar-refractivity contribution >= 4 is 38.8 Å². The van der Waals surface area contributed by atoms with Crippen LogP contribution in [0.4, 0.5) is 0 Å². The van der Waals surface area contributed by atoms with Gasteiger partial charge in [-0.2, -0.15) is 0 Å². The molecule has 5 rings (SSSR count). The molecule has 2 aromatic heterocycles. The van der Waals surface area contributed by atoms with Crippen molar-refractivity contribution in [2.24, 2.45) is 0 Å². The zero-order valence-corrected chi connectivity index (χ0v) is 17.4. The van der Waals surface area contributed by atoms with Crippen LogP contribution in [0.5, 0.6) is 5.19 Å². The van der Waals surface area contributed by atoms with Crippen LogP contribution in [-0.4, -0.2) is 35.0 Å². The van der Waals surface area contributed by atoms with Crippen LogP contribution in [0.15, 0.2) is 41.8 Å². The number of ether oxygens (including phenoxy) is 1. The first-order valence-corrected chi connectivity index (χ1v) is 11.8. The van der Waals surface area contributed by atoms with Gasteiger partial charge in [-0.05, 0) is 36.4 Å². The highest BCUT2D eigenvalue weighted by atomic mass is 32.1. The van der Waals surface area contributed by atoms with Crippen molar-refractivity contribution in [2.75, 3.05) is 13.1 Å². The molecule has 2 aliphatic rings. The van der Waals surface area contributed by atoms with E-state index in [2.05, 4.69) is 33.5 Å². The fraction of sp³-hybridized carbons (Fsp3) is 0.455. The molecule has 1 saturated carbocycles. The Bertz CT molecular complexity index is 919. The number of rotatable bonds is 4. The first-order chi connectivity index (χ1) is 13.7. The number of piperidine rings is 1. The Morgan fingerprint density at radius 3 is 2.61 bits per heavy atom. The van der Waals surface area contributed by atoms with Gasteiger partial charge in [0.2, 0.25) is 5.91 Å². The highest BCUT2D eigenvalue weighted by Gasteiger charge is 2.46. The number of hydrogen-bond acceptors (Lipinski definition) is 5. The predicted molar refractivity (Wildman–Crippen MR) is 114 cm³/mol. The van der Waals surface area contributed by atoms with Gasteiger partial charge in [0.1, 0.15) is 6.10 Å². The number of carbonyl (C=O) groups excluding carboxylic acids is 1. The predicted octanol–water partition coefficient (Wildman–Crippen LogP) is 5.24. The molecule has 0 unspecified atom stereocenters. The lowest BCUT2D eigenvalue weighted by molar-refractivity contribution is -0.139. The second-order valence-electron chi connectivity index (χ2n) is 7.82. The Morgan fingerprint density at radius 2 is 1.89 bits per heavy atom. The molecule has 3 heterocycles. The van der Waals surface area contributed by atoms with Gasteiger partial charge in [0, 0.05) is 30.8 Å². The molecule has 3 aromatic rings. The molecule has 0 radical (unpaired) electrons. The van der Waals surface area contributed by atoms with Crippen LogP contribution >= 0.6 is 22.7 Å². The molecule has 1 aliphatic heterocycles. The van der Waals surface area contributed by atoms with Crippen molar-refractivity contribution in [3.8, 4) is 5.19 Å². The average molecular weight is 413 g/mol. The smallest absolute Gasteiger partial charge is 0.274 e. The summed E-state index contributed by atoms with van der Waals surface area (Å²) in [4.78, 5) is 21.4. The van der Waals surface area contributed by atoms with E-state index in [1.807, 2.05) is 18.2 Å². The van der Waals surface area contributed by atoms with Crippen molar-refractivity contribution < 1.29 is 9.53 Å². The van der Waals surface area contributed by atoms with E-state index in [1.165, 1.54) is 4.88 Å². The number of nitrogens with zero attached hydrogens (tertiary/aromatic N) is 2. The van der Waals surface area contributed by atoms with Gasteiger partial charge >= 0.3 is 0 Å². The number of thiazole rings is 1. The molecule has 146 valence electrons. The highest BCUT2D eigenvalue weighted by Crippen LogP contribution is 2.45. The number of amides is 1. The lowest BCUT2D eigenvalue weighted by atomic mass is 9.82. The Morgan fingerprint density at radius 1 is 1.11 bits per heavy atom. The van der Waals surface area contributed by atoms with Crippen molar-refractivity contribution in [2.45, 2.75) is 50.0 Å². The van der Waals surface area contributed by atoms with E-state index in [4.69, 9.17) is 4.74 Å². The normalized spacial score (nSPS) is 19.9. The molecule has 1 aliphatic carbocycles. The third-order valence-electron chi connectivity index (χ3n) is 6.13. The molecule has 4 nitrogen and oxygen atoms in total. The van der Waals surface area contributed by atoms with E-state index >= 15 is 0 Å². The molecule has 6 heteroatoms. The maximum Gasteiger partial charge on any atom is 0.274 e. The van der Waals surface area contributed by atoms with Crippen LogP contribution in [0.2, 0.25) is 0 Å². The number of hydrogen-bond donors (Lipinski definition) is 0. The molecule has 0 spiro atoms. The topological polar surface area (TPSA) is 42.4 Å². The Hall–Kier alpha value is -1.92. The molecule has 2 fully saturated rings. The van der Waals surface area contributed by atoms with Crippen LogP contribution in [0.3, 0.4) is 0 Å². The fourth-order valence-corrected chi connectivity index (χ4v) is 6.48. The number of aromatic nitrogens is 1. The Labute approximate surface area is 173 Å². The van der Waals surface area contributed by atoms with Gasteiger partial charge in [-0.1, -0.05) is 42.4 Å². The van der Waals surface area contributed by atoms with Gasteiger partial charge in [-0.3, -0.25) is 4.79 Å². The van der Waals surface area contributed by atoms with E-state index in [0.29, 0.717) is 5.91 Å². The molecule has 28 heavy (non-hydrogen) atoms. The van der Waals surface area contributed by atoms with E-state index < -0.39 is 0 Å². The van der Waals surface area contributed by atoms with Gasteiger partial charge in [-0.25, -0.2) is 4.98 Å². The van der Waals surface area contributed by atoms with Gasteiger partial charge in [0.15, 0.2) is 0 Å². The summed E-state index contributed by atoms with van der Waals surface area (Å²) in [6.07, 6.45) is 6.19. The number of benzene rings is 1. The van der Waals surface area contributed by atoms with Gasteiger partial charge in [-0.15, -0.1) is 11.3 Å². The van der Waals surface area contributed by atoms with Crippen LogP contribution < -0.4 is 4.74 Å². The number of carbonyl (C=O) groups is 1. The monoisotopic (exact) mass is 412 g/mol. The maximum absolute atomic E-state index is 13.5. The lowest BCUT2D eigenvalue weighted by Gasteiger charge is -2.38. The quantitative estimate of drug-likeness (QED) is 0.588. The lowest BCUT2D eigenvalue weighted by Crippen LogP contribution is -2.49. The largest absolute Gasteiger partial charge is 0.467 e. The minimum atomic E-state index is -0.269. The average Bonchev–Trinajstić information content (AvgIpc) is 3.47. The summed E-state index contributed by atoms with van der Waals surface area (Å²) >= 11 is 3.34. The molecule has 0 N–H and O–H groups in total. The summed E-state index contributed by atoms with van der Waals surface area (Å²) in [7, 11) is 0. The summed E-state index contributed by atoms with van der Waals surface area (Å²) in [6, 6.07) is 12.4. The van der Waals surface area contributed by atoms with E-state index in [0.717, 1.165) is 67.0 Å². The SMILES string of the molecule is O=C(N1CCC(Oc2nc3ccccc3s2)CC1)C1(c2cccs2)CCCC1. The molecule has 1 amide bonds.